The first-order chi connectivity index (χ1) is 8.74. The summed E-state index contributed by atoms with van der Waals surface area (Å²) in [6, 6.07) is 5.36. The molecule has 0 aliphatic heterocycles. The van der Waals surface area contributed by atoms with Gasteiger partial charge in [0.15, 0.2) is 15.1 Å². The Balaban J connectivity index is 3.03. The Kier molecular flexibility index (Phi) is 4.82. The Morgan fingerprint density at radius 3 is 2.47 bits per heavy atom. The molecule has 1 unspecified atom stereocenters. The van der Waals surface area contributed by atoms with Gasteiger partial charge in [-0.2, -0.15) is 8.78 Å². The molecule has 8 heteroatoms. The Bertz CT molecular complexity index is 556. The van der Waals surface area contributed by atoms with Crippen LogP contribution in [0.1, 0.15) is 12.5 Å². The normalized spacial score (nSPS) is 13.3. The molecule has 1 aromatic rings. The highest BCUT2D eigenvalue weighted by atomic mass is 32.2. The molecule has 0 saturated carbocycles. The summed E-state index contributed by atoms with van der Waals surface area (Å²) >= 11 is 0. The molecule has 0 aromatic heterocycles. The van der Waals surface area contributed by atoms with Gasteiger partial charge in [-0.25, -0.2) is 8.42 Å². The largest absolute Gasteiger partial charge is 0.480 e. The van der Waals surface area contributed by atoms with Gasteiger partial charge in [0.2, 0.25) is 0 Å². The summed E-state index contributed by atoms with van der Waals surface area (Å²) in [5.74, 6) is -2.45. The van der Waals surface area contributed by atoms with Crippen molar-refractivity contribution in [1.82, 2.24) is 0 Å². The van der Waals surface area contributed by atoms with Crippen LogP contribution in [0.25, 0.3) is 0 Å². The smallest absolute Gasteiger partial charge is 0.387 e. The standard InChI is InChI=1S/C11H12F2O5S/c1-7(10(14)15)19(16,17)6-8-4-2-3-5-9(8)18-11(12)13/h2-5,7,11H,6H2,1H3,(H,14,15). The van der Waals surface area contributed by atoms with Gasteiger partial charge in [0.05, 0.1) is 5.75 Å². The Morgan fingerprint density at radius 2 is 1.95 bits per heavy atom. The molecular weight excluding hydrogens is 282 g/mol. The van der Waals surface area contributed by atoms with Gasteiger partial charge in [0.1, 0.15) is 5.75 Å². The third-order valence-corrected chi connectivity index (χ3v) is 4.42. The van der Waals surface area contributed by atoms with Gasteiger partial charge in [0, 0.05) is 5.56 Å². The second kappa shape index (κ2) is 5.96. The fourth-order valence-corrected chi connectivity index (χ4v) is 2.56. The zero-order valence-electron chi connectivity index (χ0n) is 9.92. The third-order valence-electron chi connectivity index (χ3n) is 2.43. The molecule has 0 radical (unpaired) electrons. The van der Waals surface area contributed by atoms with Crippen LogP contribution in [0, 0.1) is 0 Å². The van der Waals surface area contributed by atoms with Gasteiger partial charge >= 0.3 is 12.6 Å². The molecule has 0 heterocycles. The van der Waals surface area contributed by atoms with Gasteiger partial charge in [0.25, 0.3) is 0 Å². The lowest BCUT2D eigenvalue weighted by atomic mass is 10.2. The maximum absolute atomic E-state index is 12.2. The molecule has 19 heavy (non-hydrogen) atoms. The van der Waals surface area contributed by atoms with E-state index in [4.69, 9.17) is 5.11 Å². The van der Waals surface area contributed by atoms with Crippen molar-refractivity contribution in [3.8, 4) is 5.75 Å². The maximum atomic E-state index is 12.2. The van der Waals surface area contributed by atoms with E-state index >= 15 is 0 Å². The van der Waals surface area contributed by atoms with E-state index in [0.717, 1.165) is 6.92 Å². The summed E-state index contributed by atoms with van der Waals surface area (Å²) in [4.78, 5) is 10.7. The van der Waals surface area contributed by atoms with Crippen molar-refractivity contribution >= 4 is 15.8 Å². The van der Waals surface area contributed by atoms with E-state index in [2.05, 4.69) is 4.74 Å². The average Bonchev–Trinajstić information content (AvgIpc) is 2.29. The molecule has 1 aromatic carbocycles. The summed E-state index contributed by atoms with van der Waals surface area (Å²) in [5, 5.41) is 7.06. The highest BCUT2D eigenvalue weighted by Crippen LogP contribution is 2.23. The number of aliphatic carboxylic acids is 1. The van der Waals surface area contributed by atoms with Crippen LogP contribution in [-0.2, 0) is 20.4 Å². The minimum atomic E-state index is -4.00. The van der Waals surface area contributed by atoms with Crippen LogP contribution in [0.3, 0.4) is 0 Å². The van der Waals surface area contributed by atoms with E-state index in [1.54, 1.807) is 0 Å². The Hall–Kier alpha value is -1.70. The van der Waals surface area contributed by atoms with Crippen molar-refractivity contribution in [1.29, 1.82) is 0 Å². The number of alkyl halides is 2. The van der Waals surface area contributed by atoms with E-state index in [9.17, 15) is 22.0 Å². The lowest BCUT2D eigenvalue weighted by Crippen LogP contribution is -2.28. The lowest BCUT2D eigenvalue weighted by Gasteiger charge is -2.12. The second-order valence-corrected chi connectivity index (χ2v) is 6.10. The zero-order valence-corrected chi connectivity index (χ0v) is 10.7. The molecule has 0 spiro atoms. The van der Waals surface area contributed by atoms with E-state index in [1.807, 2.05) is 0 Å². The molecule has 0 amide bonds. The third kappa shape index (κ3) is 4.16. The quantitative estimate of drug-likeness (QED) is 0.863. The van der Waals surface area contributed by atoms with Crippen molar-refractivity contribution in [2.24, 2.45) is 0 Å². The SMILES string of the molecule is CC(C(=O)O)S(=O)(=O)Cc1ccccc1OC(F)F. The monoisotopic (exact) mass is 294 g/mol. The van der Waals surface area contributed by atoms with E-state index < -0.39 is 33.4 Å². The minimum absolute atomic E-state index is 0.00380. The number of ether oxygens (including phenoxy) is 1. The predicted octanol–water partition coefficient (Wildman–Crippen LogP) is 1.68. The molecule has 5 nitrogen and oxygen atoms in total. The molecule has 0 aliphatic rings. The van der Waals surface area contributed by atoms with E-state index in [-0.39, 0.29) is 11.3 Å². The molecule has 0 aliphatic carbocycles. The molecule has 1 N–H and O–H groups in total. The van der Waals surface area contributed by atoms with Crippen molar-refractivity contribution in [2.45, 2.75) is 24.5 Å². The molecule has 1 rings (SSSR count). The van der Waals surface area contributed by atoms with Crippen LogP contribution in [0.5, 0.6) is 5.75 Å². The fraction of sp³-hybridized carbons (Fsp3) is 0.364. The molecule has 0 bridgehead atoms. The number of carboxylic acids is 1. The first kappa shape index (κ1) is 15.4. The predicted molar refractivity (Wildman–Crippen MR) is 62.8 cm³/mol. The molecular formula is C11H12F2O5S. The number of carboxylic acid groups (broad SMARTS) is 1. The van der Waals surface area contributed by atoms with Crippen LogP contribution in [0.4, 0.5) is 8.78 Å². The molecule has 1 atom stereocenters. The van der Waals surface area contributed by atoms with E-state index in [1.165, 1.54) is 24.3 Å². The van der Waals surface area contributed by atoms with Gasteiger partial charge in [-0.05, 0) is 13.0 Å². The number of halogens is 2. The van der Waals surface area contributed by atoms with Crippen LogP contribution in [0.15, 0.2) is 24.3 Å². The first-order valence-corrected chi connectivity index (χ1v) is 6.92. The Morgan fingerprint density at radius 1 is 1.37 bits per heavy atom. The first-order valence-electron chi connectivity index (χ1n) is 5.21. The van der Waals surface area contributed by atoms with Crippen molar-refractivity contribution < 1.29 is 31.8 Å². The number of hydrogen-bond donors (Lipinski definition) is 1. The van der Waals surface area contributed by atoms with Gasteiger partial charge in [-0.1, -0.05) is 18.2 Å². The van der Waals surface area contributed by atoms with Crippen LogP contribution < -0.4 is 4.74 Å². The van der Waals surface area contributed by atoms with Crippen LogP contribution in [0.2, 0.25) is 0 Å². The number of rotatable bonds is 6. The van der Waals surface area contributed by atoms with E-state index in [0.29, 0.717) is 0 Å². The number of hydrogen-bond acceptors (Lipinski definition) is 4. The summed E-state index contributed by atoms with van der Waals surface area (Å²) in [6.45, 7) is -2.06. The molecule has 0 fully saturated rings. The maximum Gasteiger partial charge on any atom is 0.387 e. The van der Waals surface area contributed by atoms with Crippen LogP contribution in [-0.4, -0.2) is 31.4 Å². The van der Waals surface area contributed by atoms with Crippen LogP contribution >= 0.6 is 0 Å². The second-order valence-electron chi connectivity index (χ2n) is 3.77. The summed E-state index contributed by atoms with van der Waals surface area (Å²) in [7, 11) is -4.00. The van der Waals surface area contributed by atoms with Gasteiger partial charge < -0.3 is 9.84 Å². The average molecular weight is 294 g/mol. The molecule has 106 valence electrons. The van der Waals surface area contributed by atoms with Gasteiger partial charge in [-0.3, -0.25) is 4.79 Å². The van der Waals surface area contributed by atoms with Crippen molar-refractivity contribution in [3.05, 3.63) is 29.8 Å². The fourth-order valence-electron chi connectivity index (χ4n) is 1.33. The van der Waals surface area contributed by atoms with Crippen molar-refractivity contribution in [2.75, 3.05) is 0 Å². The zero-order chi connectivity index (χ0) is 14.6. The highest BCUT2D eigenvalue weighted by molar-refractivity contribution is 7.92. The number of para-hydroxylation sites is 1. The highest BCUT2D eigenvalue weighted by Gasteiger charge is 2.28. The Labute approximate surface area is 108 Å². The lowest BCUT2D eigenvalue weighted by molar-refractivity contribution is -0.136. The minimum Gasteiger partial charge on any atom is -0.480 e. The van der Waals surface area contributed by atoms with Crippen molar-refractivity contribution in [3.63, 3.8) is 0 Å². The topological polar surface area (TPSA) is 80.7 Å². The summed E-state index contributed by atoms with van der Waals surface area (Å²) in [5.41, 5.74) is -0.00380. The molecule has 0 saturated heterocycles. The summed E-state index contributed by atoms with van der Waals surface area (Å²) in [6.07, 6.45) is 0. The number of sulfone groups is 1. The van der Waals surface area contributed by atoms with Gasteiger partial charge in [-0.15, -0.1) is 0 Å². The number of carbonyl (C=O) groups is 1. The summed E-state index contributed by atoms with van der Waals surface area (Å²) < 4.78 is 52.0. The number of benzene rings is 1.